The van der Waals surface area contributed by atoms with E-state index in [2.05, 4.69) is 4.98 Å². The topological polar surface area (TPSA) is 34.9 Å². The van der Waals surface area contributed by atoms with E-state index in [1.165, 1.54) is 0 Å². The van der Waals surface area contributed by atoms with Gasteiger partial charge in [0.15, 0.2) is 6.29 Å². The van der Waals surface area contributed by atoms with E-state index in [1.54, 1.807) is 23.2 Å². The molecule has 0 fully saturated rings. The van der Waals surface area contributed by atoms with Gasteiger partial charge in [0.25, 0.3) is 0 Å². The lowest BCUT2D eigenvalue weighted by molar-refractivity contribution is 0.111. The van der Waals surface area contributed by atoms with Crippen LogP contribution in [-0.4, -0.2) is 15.8 Å². The van der Waals surface area contributed by atoms with E-state index in [4.69, 9.17) is 23.2 Å². The Balaban J connectivity index is 2.26. The van der Waals surface area contributed by atoms with E-state index in [-0.39, 0.29) is 0 Å². The zero-order chi connectivity index (χ0) is 11.5. The first-order valence-corrected chi connectivity index (χ1v) is 5.36. The third-order valence-electron chi connectivity index (χ3n) is 2.16. The number of aldehydes is 1. The van der Waals surface area contributed by atoms with Crippen LogP contribution in [0.5, 0.6) is 0 Å². The van der Waals surface area contributed by atoms with Gasteiger partial charge in [0.2, 0.25) is 0 Å². The van der Waals surface area contributed by atoms with E-state index in [1.807, 2.05) is 12.1 Å². The van der Waals surface area contributed by atoms with Crippen molar-refractivity contribution in [2.24, 2.45) is 0 Å². The summed E-state index contributed by atoms with van der Waals surface area (Å²) < 4.78 is 1.78. The predicted octanol–water partition coefficient (Wildman–Crippen LogP) is 3.05. The number of halogens is 2. The number of hydrogen-bond acceptors (Lipinski definition) is 2. The molecule has 0 N–H and O–H groups in total. The van der Waals surface area contributed by atoms with Gasteiger partial charge in [0.05, 0.1) is 22.9 Å². The molecular weight excluding hydrogens is 247 g/mol. The lowest BCUT2D eigenvalue weighted by Gasteiger charge is -2.05. The Kier molecular flexibility index (Phi) is 3.27. The molecule has 0 aliphatic carbocycles. The molecule has 0 aliphatic rings. The van der Waals surface area contributed by atoms with E-state index < -0.39 is 0 Å². The Bertz CT molecular complexity index is 522. The van der Waals surface area contributed by atoms with Crippen LogP contribution in [0.3, 0.4) is 0 Å². The van der Waals surface area contributed by atoms with Gasteiger partial charge < -0.3 is 4.57 Å². The molecule has 0 aliphatic heterocycles. The molecule has 0 unspecified atom stereocenters. The third-order valence-corrected chi connectivity index (χ3v) is 3.02. The highest BCUT2D eigenvalue weighted by Crippen LogP contribution is 2.25. The molecule has 0 saturated heterocycles. The largest absolute Gasteiger partial charge is 0.332 e. The van der Waals surface area contributed by atoms with E-state index in [9.17, 15) is 4.79 Å². The second-order valence-electron chi connectivity index (χ2n) is 3.30. The van der Waals surface area contributed by atoms with Crippen LogP contribution in [0.25, 0.3) is 0 Å². The van der Waals surface area contributed by atoms with Crippen LogP contribution in [-0.2, 0) is 6.54 Å². The van der Waals surface area contributed by atoms with Crippen molar-refractivity contribution in [2.75, 3.05) is 0 Å². The normalized spacial score (nSPS) is 10.4. The summed E-state index contributed by atoms with van der Waals surface area (Å²) >= 11 is 11.9. The van der Waals surface area contributed by atoms with Gasteiger partial charge >= 0.3 is 0 Å². The molecule has 0 radical (unpaired) electrons. The molecule has 0 saturated carbocycles. The molecule has 1 aromatic heterocycles. The highest BCUT2D eigenvalue weighted by molar-refractivity contribution is 6.42. The summed E-state index contributed by atoms with van der Waals surface area (Å²) in [5, 5.41) is 1.06. The Labute approximate surface area is 103 Å². The van der Waals surface area contributed by atoms with Crippen LogP contribution in [0.4, 0.5) is 0 Å². The molecule has 82 valence electrons. The van der Waals surface area contributed by atoms with Crippen molar-refractivity contribution in [3.8, 4) is 0 Å². The lowest BCUT2D eigenvalue weighted by Crippen LogP contribution is -1.97. The van der Waals surface area contributed by atoms with Crippen molar-refractivity contribution in [1.29, 1.82) is 0 Å². The molecule has 0 amide bonds. The van der Waals surface area contributed by atoms with Gasteiger partial charge in [0.1, 0.15) is 5.69 Å². The van der Waals surface area contributed by atoms with Gasteiger partial charge in [-0.05, 0) is 11.6 Å². The van der Waals surface area contributed by atoms with Crippen LogP contribution < -0.4 is 0 Å². The van der Waals surface area contributed by atoms with Crippen LogP contribution in [0.15, 0.2) is 30.7 Å². The molecule has 0 bridgehead atoms. The Morgan fingerprint density at radius 1 is 1.38 bits per heavy atom. The number of nitrogens with zero attached hydrogens (tertiary/aromatic N) is 2. The second-order valence-corrected chi connectivity index (χ2v) is 4.09. The SMILES string of the molecule is O=Cc1cn(Cc2cccc(Cl)c2Cl)cn1. The van der Waals surface area contributed by atoms with Gasteiger partial charge in [-0.25, -0.2) is 4.98 Å². The smallest absolute Gasteiger partial charge is 0.169 e. The fraction of sp³-hybridized carbons (Fsp3) is 0.0909. The first-order chi connectivity index (χ1) is 7.70. The number of hydrogen-bond donors (Lipinski definition) is 0. The minimum atomic E-state index is 0.401. The van der Waals surface area contributed by atoms with E-state index in [0.29, 0.717) is 28.6 Å². The van der Waals surface area contributed by atoms with Crippen LogP contribution in [0.1, 0.15) is 16.1 Å². The van der Waals surface area contributed by atoms with Gasteiger partial charge in [-0.1, -0.05) is 35.3 Å². The summed E-state index contributed by atoms with van der Waals surface area (Å²) in [5.41, 5.74) is 1.29. The number of imidazole rings is 1. The lowest BCUT2D eigenvalue weighted by atomic mass is 10.2. The molecule has 0 spiro atoms. The highest BCUT2D eigenvalue weighted by Gasteiger charge is 2.05. The van der Waals surface area contributed by atoms with Gasteiger partial charge in [-0.3, -0.25) is 4.79 Å². The minimum Gasteiger partial charge on any atom is -0.332 e. The second kappa shape index (κ2) is 4.68. The van der Waals surface area contributed by atoms with Crippen molar-refractivity contribution >= 4 is 29.5 Å². The summed E-state index contributed by atoms with van der Waals surface area (Å²) in [6.07, 6.45) is 3.95. The first kappa shape index (κ1) is 11.2. The number of carbonyl (C=O) groups is 1. The molecule has 2 rings (SSSR count). The van der Waals surface area contributed by atoms with Crippen LogP contribution in [0, 0.1) is 0 Å². The summed E-state index contributed by atoms with van der Waals surface area (Å²) in [5.74, 6) is 0. The fourth-order valence-electron chi connectivity index (χ4n) is 1.39. The molecule has 5 heteroatoms. The number of aromatic nitrogens is 2. The number of benzene rings is 1. The molecule has 3 nitrogen and oxygen atoms in total. The summed E-state index contributed by atoms with van der Waals surface area (Å²) in [6, 6.07) is 5.45. The quantitative estimate of drug-likeness (QED) is 0.790. The average Bonchev–Trinajstić information content (AvgIpc) is 2.73. The molecule has 1 aromatic carbocycles. The van der Waals surface area contributed by atoms with Crippen molar-refractivity contribution < 1.29 is 4.79 Å². The zero-order valence-electron chi connectivity index (χ0n) is 8.23. The molecule has 16 heavy (non-hydrogen) atoms. The van der Waals surface area contributed by atoms with Crippen molar-refractivity contribution in [3.63, 3.8) is 0 Å². The standard InChI is InChI=1S/C11H8Cl2N2O/c12-10-3-1-2-8(11(10)13)4-15-5-9(6-16)14-7-15/h1-3,5-7H,4H2. The third kappa shape index (κ3) is 2.26. The maximum Gasteiger partial charge on any atom is 0.169 e. The predicted molar refractivity (Wildman–Crippen MR) is 63.2 cm³/mol. The monoisotopic (exact) mass is 254 g/mol. The minimum absolute atomic E-state index is 0.401. The van der Waals surface area contributed by atoms with Crippen LogP contribution >= 0.6 is 23.2 Å². The van der Waals surface area contributed by atoms with Crippen molar-refractivity contribution in [1.82, 2.24) is 9.55 Å². The number of rotatable bonds is 3. The molecular formula is C11H8Cl2N2O. The summed E-state index contributed by atoms with van der Waals surface area (Å²) in [6.45, 7) is 0.542. The average molecular weight is 255 g/mol. The molecule has 0 atom stereocenters. The van der Waals surface area contributed by atoms with Crippen molar-refractivity contribution in [2.45, 2.75) is 6.54 Å². The van der Waals surface area contributed by atoms with Gasteiger partial charge in [-0.15, -0.1) is 0 Å². The summed E-state index contributed by atoms with van der Waals surface area (Å²) in [4.78, 5) is 14.4. The maximum absolute atomic E-state index is 10.5. The molecule has 1 heterocycles. The Morgan fingerprint density at radius 3 is 2.88 bits per heavy atom. The highest BCUT2D eigenvalue weighted by atomic mass is 35.5. The van der Waals surface area contributed by atoms with Crippen LogP contribution in [0.2, 0.25) is 10.0 Å². The van der Waals surface area contributed by atoms with E-state index >= 15 is 0 Å². The maximum atomic E-state index is 10.5. The Morgan fingerprint density at radius 2 is 2.19 bits per heavy atom. The Hall–Kier alpha value is -1.32. The fourth-order valence-corrected chi connectivity index (χ4v) is 1.77. The summed E-state index contributed by atoms with van der Waals surface area (Å²) in [7, 11) is 0. The first-order valence-electron chi connectivity index (χ1n) is 4.60. The van der Waals surface area contributed by atoms with E-state index in [0.717, 1.165) is 5.56 Å². The van der Waals surface area contributed by atoms with Gasteiger partial charge in [0, 0.05) is 6.20 Å². The van der Waals surface area contributed by atoms with Crippen molar-refractivity contribution in [3.05, 3.63) is 52.0 Å². The molecule has 2 aromatic rings. The number of carbonyl (C=O) groups excluding carboxylic acids is 1. The zero-order valence-corrected chi connectivity index (χ0v) is 9.74. The van der Waals surface area contributed by atoms with Gasteiger partial charge in [-0.2, -0.15) is 0 Å².